The SMILES string of the molecule is CCN(CC)c1cc(C)c(NC(=O)OC(CS(=O)(=O)c2ccc(Cl)cn2)c2cccc(C(F)(F)F)c2)c(Cc2ccccc2)c1. The van der Waals surface area contributed by atoms with Gasteiger partial charge in [0.1, 0.15) is 6.10 Å². The van der Waals surface area contributed by atoms with E-state index in [1.54, 1.807) is 0 Å². The summed E-state index contributed by atoms with van der Waals surface area (Å²) in [5.41, 5.74) is 2.79. The summed E-state index contributed by atoms with van der Waals surface area (Å²) in [6.07, 6.45) is -5.71. The van der Waals surface area contributed by atoms with E-state index in [2.05, 4.69) is 15.2 Å². The van der Waals surface area contributed by atoms with E-state index in [1.165, 1.54) is 18.2 Å². The molecular weight excluding hydrogens is 627 g/mol. The van der Waals surface area contributed by atoms with E-state index in [4.69, 9.17) is 16.3 Å². The van der Waals surface area contributed by atoms with Crippen LogP contribution in [0.5, 0.6) is 0 Å². The number of hydrogen-bond acceptors (Lipinski definition) is 6. The number of aromatic nitrogens is 1. The summed E-state index contributed by atoms with van der Waals surface area (Å²) in [6.45, 7) is 7.45. The molecule has 0 aliphatic carbocycles. The van der Waals surface area contributed by atoms with Crippen molar-refractivity contribution in [3.05, 3.63) is 118 Å². The predicted octanol–water partition coefficient (Wildman–Crippen LogP) is 8.26. The van der Waals surface area contributed by atoms with E-state index in [0.717, 1.165) is 59.9 Å². The Labute approximate surface area is 265 Å². The van der Waals surface area contributed by atoms with Crippen LogP contribution in [-0.4, -0.2) is 38.3 Å². The summed E-state index contributed by atoms with van der Waals surface area (Å²) in [7, 11) is -4.23. The van der Waals surface area contributed by atoms with E-state index in [9.17, 15) is 26.4 Å². The van der Waals surface area contributed by atoms with Crippen molar-refractivity contribution in [2.75, 3.05) is 29.1 Å². The molecule has 0 aliphatic rings. The zero-order valence-corrected chi connectivity index (χ0v) is 26.5. The van der Waals surface area contributed by atoms with Gasteiger partial charge in [0.25, 0.3) is 0 Å². The van der Waals surface area contributed by atoms with Crippen molar-refractivity contribution >= 4 is 38.9 Å². The Morgan fingerprint density at radius 1 is 1.00 bits per heavy atom. The number of pyridine rings is 1. The Hall–Kier alpha value is -4.09. The van der Waals surface area contributed by atoms with E-state index in [0.29, 0.717) is 12.1 Å². The molecule has 0 aliphatic heterocycles. The number of amides is 1. The molecule has 0 bridgehead atoms. The third kappa shape index (κ3) is 8.76. The lowest BCUT2D eigenvalue weighted by Gasteiger charge is -2.25. The van der Waals surface area contributed by atoms with Crippen molar-refractivity contribution in [2.24, 2.45) is 0 Å². The average molecular weight is 660 g/mol. The van der Waals surface area contributed by atoms with Crippen LogP contribution in [0.4, 0.5) is 29.3 Å². The third-order valence-electron chi connectivity index (χ3n) is 7.22. The summed E-state index contributed by atoms with van der Waals surface area (Å²) in [6, 6.07) is 20.1. The van der Waals surface area contributed by atoms with Crippen LogP contribution in [0.2, 0.25) is 5.02 Å². The highest BCUT2D eigenvalue weighted by molar-refractivity contribution is 7.91. The number of carbonyl (C=O) groups is 1. The second kappa shape index (κ2) is 14.3. The first-order chi connectivity index (χ1) is 21.3. The van der Waals surface area contributed by atoms with Crippen molar-refractivity contribution in [1.82, 2.24) is 4.98 Å². The van der Waals surface area contributed by atoms with Gasteiger partial charge in [0.15, 0.2) is 14.9 Å². The third-order valence-corrected chi connectivity index (χ3v) is 9.06. The number of hydrogen-bond donors (Lipinski definition) is 1. The summed E-state index contributed by atoms with van der Waals surface area (Å²) >= 11 is 5.85. The number of rotatable bonds is 11. The smallest absolute Gasteiger partial charge is 0.416 e. The van der Waals surface area contributed by atoms with Crippen molar-refractivity contribution in [3.63, 3.8) is 0 Å². The Balaban J connectivity index is 1.70. The van der Waals surface area contributed by atoms with Gasteiger partial charge in [-0.05, 0) is 85.8 Å². The second-order valence-electron chi connectivity index (χ2n) is 10.4. The maximum Gasteiger partial charge on any atom is 0.416 e. The molecule has 12 heteroatoms. The number of alkyl halides is 3. The summed E-state index contributed by atoms with van der Waals surface area (Å²) in [5.74, 6) is -0.854. The van der Waals surface area contributed by atoms with Crippen molar-refractivity contribution in [2.45, 2.75) is 44.5 Å². The number of aryl methyl sites for hydroxylation is 1. The maximum absolute atomic E-state index is 13.6. The van der Waals surface area contributed by atoms with Gasteiger partial charge in [-0.1, -0.05) is 54.1 Å². The van der Waals surface area contributed by atoms with E-state index in [-0.39, 0.29) is 15.6 Å². The van der Waals surface area contributed by atoms with Gasteiger partial charge in [0.05, 0.1) is 22.0 Å². The molecule has 3 aromatic carbocycles. The molecule has 238 valence electrons. The number of ether oxygens (including phenoxy) is 1. The lowest BCUT2D eigenvalue weighted by molar-refractivity contribution is -0.137. The standard InChI is InChI=1S/C33H33ClF3N3O4S/c1-4-40(5-2)28-16-22(3)31(25(19-28)17-23-10-7-6-8-11-23)39-32(41)44-29(24-12-9-13-26(18-24)33(35,36)37)21-45(42,43)30-15-14-27(34)20-38-30/h6-16,18-20,29H,4-5,17,21H2,1-3H3,(H,39,41). The number of sulfone groups is 1. The second-order valence-corrected chi connectivity index (χ2v) is 12.8. The molecule has 0 fully saturated rings. The number of carbonyl (C=O) groups excluding carboxylic acids is 1. The Kier molecular flexibility index (Phi) is 10.8. The maximum atomic E-state index is 13.6. The molecule has 4 rings (SSSR count). The van der Waals surface area contributed by atoms with Crippen LogP contribution in [0.25, 0.3) is 0 Å². The lowest BCUT2D eigenvalue weighted by Crippen LogP contribution is -2.25. The van der Waals surface area contributed by atoms with Gasteiger partial charge < -0.3 is 9.64 Å². The fourth-order valence-electron chi connectivity index (χ4n) is 4.95. The van der Waals surface area contributed by atoms with Crippen LogP contribution in [0, 0.1) is 6.92 Å². The summed E-state index contributed by atoms with van der Waals surface area (Å²) in [5, 5.41) is 2.59. The van der Waals surface area contributed by atoms with Crippen molar-refractivity contribution < 1.29 is 31.1 Å². The first-order valence-corrected chi connectivity index (χ1v) is 16.2. The molecule has 1 heterocycles. The van der Waals surface area contributed by atoms with Crippen LogP contribution in [0.3, 0.4) is 0 Å². The molecule has 7 nitrogen and oxygen atoms in total. The highest BCUT2D eigenvalue weighted by Crippen LogP contribution is 2.34. The molecule has 1 atom stereocenters. The first-order valence-electron chi connectivity index (χ1n) is 14.2. The minimum Gasteiger partial charge on any atom is -0.440 e. The fourth-order valence-corrected chi connectivity index (χ4v) is 6.38. The van der Waals surface area contributed by atoms with Gasteiger partial charge in [0, 0.05) is 25.0 Å². The topological polar surface area (TPSA) is 88.6 Å². The molecule has 1 N–H and O–H groups in total. The van der Waals surface area contributed by atoms with Gasteiger partial charge in [0.2, 0.25) is 0 Å². The first kappa shape index (κ1) is 33.8. The minimum absolute atomic E-state index is 0.143. The Bertz CT molecular complexity index is 1730. The highest BCUT2D eigenvalue weighted by atomic mass is 35.5. The molecule has 1 unspecified atom stereocenters. The van der Waals surface area contributed by atoms with Crippen molar-refractivity contribution in [3.8, 4) is 0 Å². The molecule has 45 heavy (non-hydrogen) atoms. The number of anilines is 2. The minimum atomic E-state index is -4.70. The Morgan fingerprint density at radius 2 is 1.71 bits per heavy atom. The average Bonchev–Trinajstić information content (AvgIpc) is 2.99. The zero-order chi connectivity index (χ0) is 32.8. The van der Waals surface area contributed by atoms with Crippen LogP contribution < -0.4 is 10.2 Å². The monoisotopic (exact) mass is 659 g/mol. The van der Waals surface area contributed by atoms with Crippen LogP contribution >= 0.6 is 11.6 Å². The molecule has 0 saturated heterocycles. The summed E-state index contributed by atoms with van der Waals surface area (Å²) < 4.78 is 72.9. The van der Waals surface area contributed by atoms with E-state index < -0.39 is 39.5 Å². The molecular formula is C33H33ClF3N3O4S. The lowest BCUT2D eigenvalue weighted by atomic mass is 9.99. The zero-order valence-electron chi connectivity index (χ0n) is 24.9. The predicted molar refractivity (Wildman–Crippen MR) is 170 cm³/mol. The summed E-state index contributed by atoms with van der Waals surface area (Å²) in [4.78, 5) is 19.4. The largest absolute Gasteiger partial charge is 0.440 e. The van der Waals surface area contributed by atoms with E-state index >= 15 is 0 Å². The number of benzene rings is 3. The molecule has 1 amide bonds. The molecule has 4 aromatic rings. The molecule has 0 saturated carbocycles. The molecule has 0 radical (unpaired) electrons. The normalized spacial score (nSPS) is 12.4. The molecule has 1 aromatic heterocycles. The van der Waals surface area contributed by atoms with Crippen molar-refractivity contribution in [1.29, 1.82) is 0 Å². The van der Waals surface area contributed by atoms with Gasteiger partial charge in [-0.25, -0.2) is 18.2 Å². The van der Waals surface area contributed by atoms with Crippen LogP contribution in [0.15, 0.2) is 90.1 Å². The van der Waals surface area contributed by atoms with Gasteiger partial charge in [-0.15, -0.1) is 0 Å². The number of nitrogens with zero attached hydrogens (tertiary/aromatic N) is 2. The highest BCUT2D eigenvalue weighted by Gasteiger charge is 2.33. The number of halogens is 4. The molecule has 0 spiro atoms. The number of nitrogens with one attached hydrogen (secondary N) is 1. The van der Waals surface area contributed by atoms with E-state index in [1.807, 2.05) is 63.2 Å². The van der Waals surface area contributed by atoms with Crippen LogP contribution in [-0.2, 0) is 27.2 Å². The Morgan fingerprint density at radius 3 is 2.33 bits per heavy atom. The fraction of sp³-hybridized carbons (Fsp3) is 0.273. The van der Waals surface area contributed by atoms with Gasteiger partial charge in [-0.2, -0.15) is 13.2 Å². The van der Waals surface area contributed by atoms with Crippen LogP contribution in [0.1, 0.15) is 47.8 Å². The quantitative estimate of drug-likeness (QED) is 0.174. The van der Waals surface area contributed by atoms with Gasteiger partial charge >= 0.3 is 12.3 Å². The van der Waals surface area contributed by atoms with Gasteiger partial charge in [-0.3, -0.25) is 5.32 Å².